The molecule has 0 spiro atoms. The highest BCUT2D eigenvalue weighted by atomic mass is 16.5. The van der Waals surface area contributed by atoms with Crippen molar-refractivity contribution in [1.29, 1.82) is 0 Å². The Morgan fingerprint density at radius 1 is 1.18 bits per heavy atom. The van der Waals surface area contributed by atoms with Gasteiger partial charge in [-0.25, -0.2) is 0 Å². The number of hydrogen-bond acceptors (Lipinski definition) is 5. The summed E-state index contributed by atoms with van der Waals surface area (Å²) in [5.41, 5.74) is 0.0613. The summed E-state index contributed by atoms with van der Waals surface area (Å²) in [7, 11) is 3.01. The van der Waals surface area contributed by atoms with E-state index in [0.29, 0.717) is 5.76 Å². The molecule has 0 radical (unpaired) electrons. The summed E-state index contributed by atoms with van der Waals surface area (Å²) >= 11 is 0. The zero-order valence-electron chi connectivity index (χ0n) is 13.3. The lowest BCUT2D eigenvalue weighted by atomic mass is 9.82. The number of carbonyl (C=O) groups excluding carboxylic acids is 1. The van der Waals surface area contributed by atoms with Crippen LogP contribution in [0.5, 0.6) is 5.75 Å². The first-order valence-electron chi connectivity index (χ1n) is 7.01. The number of rotatable bonds is 6. The van der Waals surface area contributed by atoms with E-state index in [1.54, 1.807) is 19.4 Å². The summed E-state index contributed by atoms with van der Waals surface area (Å²) in [6.45, 7) is 3.64. The molecule has 0 aliphatic heterocycles. The van der Waals surface area contributed by atoms with Gasteiger partial charge in [0.1, 0.15) is 17.6 Å². The summed E-state index contributed by atoms with van der Waals surface area (Å²) in [5, 5.41) is 3.34. The second-order valence-electron chi connectivity index (χ2n) is 5.53. The maximum absolute atomic E-state index is 12.1. The van der Waals surface area contributed by atoms with Crippen LogP contribution in [-0.2, 0) is 9.53 Å². The first-order valence-corrected chi connectivity index (χ1v) is 7.01. The molecule has 1 aromatic heterocycles. The zero-order chi connectivity index (χ0) is 16.2. The van der Waals surface area contributed by atoms with Gasteiger partial charge in [-0.15, -0.1) is 0 Å². The standard InChI is InChI=1S/C17H21NO4/c1-17(2,16(19)21-4)15(14-6-5-11-22-14)18-12-7-9-13(20-3)10-8-12/h5-11,15,18H,1-4H3. The van der Waals surface area contributed by atoms with Crippen LogP contribution in [0.1, 0.15) is 25.6 Å². The van der Waals surface area contributed by atoms with Crippen molar-refractivity contribution >= 4 is 11.7 Å². The molecule has 2 rings (SSSR count). The van der Waals surface area contributed by atoms with E-state index in [1.165, 1.54) is 7.11 Å². The number of carbonyl (C=O) groups is 1. The molecular formula is C17H21NO4. The van der Waals surface area contributed by atoms with E-state index in [0.717, 1.165) is 11.4 Å². The molecule has 0 amide bonds. The summed E-state index contributed by atoms with van der Waals surface area (Å²) in [6, 6.07) is 10.8. The fourth-order valence-corrected chi connectivity index (χ4v) is 2.30. The Morgan fingerprint density at radius 2 is 1.86 bits per heavy atom. The van der Waals surface area contributed by atoms with Gasteiger partial charge in [0.15, 0.2) is 0 Å². The average molecular weight is 303 g/mol. The second-order valence-corrected chi connectivity index (χ2v) is 5.53. The van der Waals surface area contributed by atoms with Gasteiger partial charge in [0.25, 0.3) is 0 Å². The van der Waals surface area contributed by atoms with Crippen LogP contribution in [0.25, 0.3) is 0 Å². The van der Waals surface area contributed by atoms with Crippen molar-refractivity contribution in [3.05, 3.63) is 48.4 Å². The van der Waals surface area contributed by atoms with Crippen LogP contribution >= 0.6 is 0 Å². The number of anilines is 1. The number of furan rings is 1. The third-order valence-electron chi connectivity index (χ3n) is 3.66. The molecule has 0 fully saturated rings. The van der Waals surface area contributed by atoms with Gasteiger partial charge >= 0.3 is 5.97 Å². The number of methoxy groups -OCH3 is 2. The molecule has 1 heterocycles. The van der Waals surface area contributed by atoms with Crippen LogP contribution in [-0.4, -0.2) is 20.2 Å². The molecule has 1 aromatic carbocycles. The predicted octanol–water partition coefficient (Wildman–Crippen LogP) is 3.64. The Labute approximate surface area is 130 Å². The minimum Gasteiger partial charge on any atom is -0.497 e. The lowest BCUT2D eigenvalue weighted by Gasteiger charge is -2.31. The van der Waals surface area contributed by atoms with Crippen molar-refractivity contribution in [1.82, 2.24) is 0 Å². The number of hydrogen-bond donors (Lipinski definition) is 1. The maximum atomic E-state index is 12.1. The fraction of sp³-hybridized carbons (Fsp3) is 0.353. The largest absolute Gasteiger partial charge is 0.497 e. The third kappa shape index (κ3) is 3.24. The molecule has 0 bridgehead atoms. The number of nitrogens with one attached hydrogen (secondary N) is 1. The number of benzene rings is 1. The van der Waals surface area contributed by atoms with Crippen molar-refractivity contribution in [2.45, 2.75) is 19.9 Å². The quantitative estimate of drug-likeness (QED) is 0.826. The monoisotopic (exact) mass is 303 g/mol. The first kappa shape index (κ1) is 15.9. The van der Waals surface area contributed by atoms with Gasteiger partial charge < -0.3 is 19.2 Å². The lowest BCUT2D eigenvalue weighted by molar-refractivity contribution is -0.151. The molecule has 118 valence electrons. The topological polar surface area (TPSA) is 60.7 Å². The van der Waals surface area contributed by atoms with E-state index in [-0.39, 0.29) is 12.0 Å². The van der Waals surface area contributed by atoms with Crippen molar-refractivity contribution in [3.63, 3.8) is 0 Å². The van der Waals surface area contributed by atoms with Gasteiger partial charge in [-0.2, -0.15) is 0 Å². The minimum atomic E-state index is -0.799. The molecular weight excluding hydrogens is 282 g/mol. The Bertz CT molecular complexity index is 602. The van der Waals surface area contributed by atoms with Crippen molar-refractivity contribution in [3.8, 4) is 5.75 Å². The van der Waals surface area contributed by atoms with Gasteiger partial charge in [0.2, 0.25) is 0 Å². The predicted molar refractivity (Wildman–Crippen MR) is 83.9 cm³/mol. The highest BCUT2D eigenvalue weighted by molar-refractivity contribution is 5.77. The Morgan fingerprint density at radius 3 is 2.36 bits per heavy atom. The summed E-state index contributed by atoms with van der Waals surface area (Å²) < 4.78 is 15.6. The van der Waals surface area contributed by atoms with E-state index < -0.39 is 5.41 Å². The fourth-order valence-electron chi connectivity index (χ4n) is 2.30. The van der Waals surface area contributed by atoms with Crippen molar-refractivity contribution in [2.75, 3.05) is 19.5 Å². The molecule has 1 N–H and O–H groups in total. The smallest absolute Gasteiger partial charge is 0.313 e. The minimum absolute atomic E-state index is 0.310. The molecule has 5 heteroatoms. The van der Waals surface area contributed by atoms with Crippen LogP contribution < -0.4 is 10.1 Å². The highest BCUT2D eigenvalue weighted by Gasteiger charge is 2.40. The van der Waals surface area contributed by atoms with Gasteiger partial charge in [0, 0.05) is 5.69 Å². The molecule has 0 saturated carbocycles. The van der Waals surface area contributed by atoms with Gasteiger partial charge in [-0.3, -0.25) is 4.79 Å². The molecule has 2 aromatic rings. The molecule has 1 unspecified atom stereocenters. The third-order valence-corrected chi connectivity index (χ3v) is 3.66. The molecule has 5 nitrogen and oxygen atoms in total. The van der Waals surface area contributed by atoms with E-state index in [4.69, 9.17) is 13.9 Å². The zero-order valence-corrected chi connectivity index (χ0v) is 13.3. The first-order chi connectivity index (χ1) is 10.5. The Kier molecular flexibility index (Phi) is 4.75. The lowest BCUT2D eigenvalue weighted by Crippen LogP contribution is -2.36. The van der Waals surface area contributed by atoms with Crippen molar-refractivity contribution in [2.24, 2.45) is 5.41 Å². The van der Waals surface area contributed by atoms with Gasteiger partial charge in [0.05, 0.1) is 25.9 Å². The van der Waals surface area contributed by atoms with E-state index in [2.05, 4.69) is 5.32 Å². The second kappa shape index (κ2) is 6.56. The average Bonchev–Trinajstić information content (AvgIpc) is 3.06. The normalized spacial score (nSPS) is 12.5. The van der Waals surface area contributed by atoms with E-state index in [1.807, 2.05) is 44.2 Å². The molecule has 0 aliphatic carbocycles. The summed E-state index contributed by atoms with van der Waals surface area (Å²) in [5.74, 6) is 1.13. The summed E-state index contributed by atoms with van der Waals surface area (Å²) in [6.07, 6.45) is 1.59. The van der Waals surface area contributed by atoms with Crippen LogP contribution in [0.4, 0.5) is 5.69 Å². The Hall–Kier alpha value is -2.43. The molecule has 1 atom stereocenters. The molecule has 0 saturated heterocycles. The SMILES string of the molecule is COC(=O)C(C)(C)C(Nc1ccc(OC)cc1)c1ccco1. The van der Waals surface area contributed by atoms with Crippen molar-refractivity contribution < 1.29 is 18.7 Å². The van der Waals surface area contributed by atoms with Crippen LogP contribution in [0, 0.1) is 5.41 Å². The maximum Gasteiger partial charge on any atom is 0.313 e. The van der Waals surface area contributed by atoms with Crippen LogP contribution in [0.15, 0.2) is 47.1 Å². The van der Waals surface area contributed by atoms with Crippen LogP contribution in [0.3, 0.4) is 0 Å². The van der Waals surface area contributed by atoms with E-state index >= 15 is 0 Å². The number of ether oxygens (including phenoxy) is 2. The molecule has 0 aliphatic rings. The van der Waals surface area contributed by atoms with Crippen LogP contribution in [0.2, 0.25) is 0 Å². The van der Waals surface area contributed by atoms with E-state index in [9.17, 15) is 4.79 Å². The number of esters is 1. The summed E-state index contributed by atoms with van der Waals surface area (Å²) in [4.78, 5) is 12.1. The van der Waals surface area contributed by atoms with Gasteiger partial charge in [-0.05, 0) is 50.2 Å². The highest BCUT2D eigenvalue weighted by Crippen LogP contribution is 2.37. The molecule has 22 heavy (non-hydrogen) atoms. The van der Waals surface area contributed by atoms with Gasteiger partial charge in [-0.1, -0.05) is 0 Å². The Balaban J connectivity index is 2.31.